The van der Waals surface area contributed by atoms with Gasteiger partial charge >= 0.3 is 0 Å². The zero-order valence-corrected chi connectivity index (χ0v) is 15.2. The number of carbonyl (C=O) groups excluding carboxylic acids is 1. The number of carbonyl (C=O) groups is 1. The average molecular weight is 395 g/mol. The Hall–Kier alpha value is -2.28. The highest BCUT2D eigenvalue weighted by Crippen LogP contribution is 2.22. The summed E-state index contributed by atoms with van der Waals surface area (Å²) in [6, 6.07) is 3.94. The SMILES string of the molecule is CCN=CC(=CN)C/C(=C/C(=N)Br)Nc1ccc(F)cc1C(C)=O. The number of hydrogen-bond acceptors (Lipinski definition) is 5. The Kier molecular flexibility index (Phi) is 8.05. The van der Waals surface area contributed by atoms with Crippen molar-refractivity contribution in [1.29, 1.82) is 5.41 Å². The van der Waals surface area contributed by atoms with Crippen molar-refractivity contribution >= 4 is 38.2 Å². The first-order valence-corrected chi connectivity index (χ1v) is 8.09. The molecule has 4 N–H and O–H groups in total. The van der Waals surface area contributed by atoms with E-state index in [4.69, 9.17) is 11.1 Å². The van der Waals surface area contributed by atoms with Crippen LogP contribution in [-0.2, 0) is 0 Å². The van der Waals surface area contributed by atoms with E-state index >= 15 is 0 Å². The number of nitrogens with one attached hydrogen (secondary N) is 2. The second-order valence-corrected chi connectivity index (χ2v) is 5.79. The molecule has 1 aromatic rings. The average Bonchev–Trinajstić information content (AvgIpc) is 2.52. The summed E-state index contributed by atoms with van der Waals surface area (Å²) in [5.41, 5.74) is 7.67. The summed E-state index contributed by atoms with van der Waals surface area (Å²) in [6.45, 7) is 3.91. The smallest absolute Gasteiger partial charge is 0.161 e. The van der Waals surface area contributed by atoms with Crippen LogP contribution in [0.3, 0.4) is 0 Å². The molecule has 0 radical (unpaired) electrons. The van der Waals surface area contributed by atoms with Crippen LogP contribution in [0.1, 0.15) is 30.6 Å². The Bertz CT molecular complexity index is 711. The number of aliphatic imine (C=N–C) groups is 1. The fourth-order valence-electron chi connectivity index (χ4n) is 1.95. The normalized spacial score (nSPS) is 12.5. The summed E-state index contributed by atoms with van der Waals surface area (Å²) in [4.78, 5) is 15.9. The Morgan fingerprint density at radius 2 is 2.21 bits per heavy atom. The van der Waals surface area contributed by atoms with Gasteiger partial charge in [0.2, 0.25) is 0 Å². The van der Waals surface area contributed by atoms with E-state index in [2.05, 4.69) is 26.2 Å². The molecule has 0 bridgehead atoms. The van der Waals surface area contributed by atoms with Gasteiger partial charge in [-0.05, 0) is 65.8 Å². The lowest BCUT2D eigenvalue weighted by atomic mass is 10.1. The first-order valence-electron chi connectivity index (χ1n) is 7.30. The molecule has 0 saturated carbocycles. The number of anilines is 1. The van der Waals surface area contributed by atoms with Crippen molar-refractivity contribution in [3.05, 3.63) is 53.1 Å². The molecule has 1 rings (SSSR count). The van der Waals surface area contributed by atoms with Crippen LogP contribution < -0.4 is 11.1 Å². The molecule has 0 aliphatic carbocycles. The maximum Gasteiger partial charge on any atom is 0.161 e. The van der Waals surface area contributed by atoms with Gasteiger partial charge in [-0.3, -0.25) is 15.2 Å². The zero-order chi connectivity index (χ0) is 18.1. The molecule has 0 unspecified atom stereocenters. The molecule has 0 saturated heterocycles. The van der Waals surface area contributed by atoms with Gasteiger partial charge in [0.1, 0.15) is 5.82 Å². The van der Waals surface area contributed by atoms with Gasteiger partial charge in [-0.25, -0.2) is 4.39 Å². The quantitative estimate of drug-likeness (QED) is 0.459. The van der Waals surface area contributed by atoms with Crippen LogP contribution in [0.25, 0.3) is 0 Å². The van der Waals surface area contributed by atoms with E-state index in [1.54, 1.807) is 12.3 Å². The van der Waals surface area contributed by atoms with Crippen molar-refractivity contribution in [2.24, 2.45) is 10.7 Å². The molecule has 0 aliphatic heterocycles. The molecule has 1 aromatic carbocycles. The molecule has 0 atom stereocenters. The molecule has 0 aliphatic rings. The zero-order valence-electron chi connectivity index (χ0n) is 13.6. The maximum atomic E-state index is 13.4. The lowest BCUT2D eigenvalue weighted by Gasteiger charge is -2.14. The molecule has 0 fully saturated rings. The third kappa shape index (κ3) is 6.45. The minimum Gasteiger partial charge on any atom is -0.404 e. The first kappa shape index (κ1) is 19.8. The largest absolute Gasteiger partial charge is 0.404 e. The maximum absolute atomic E-state index is 13.4. The summed E-state index contributed by atoms with van der Waals surface area (Å²) < 4.78 is 13.5. The van der Waals surface area contributed by atoms with Gasteiger partial charge < -0.3 is 11.1 Å². The standard InChI is InChI=1S/C17H20BrFN4O/c1-3-22-10-12(9-20)6-14(8-17(18)21)23-16-5-4-13(19)7-15(16)11(2)24/h4-5,7-10,21,23H,3,6,20H2,1-2H3/b12-9?,14-8-,21-17?,22-10?. The number of halogens is 2. The summed E-state index contributed by atoms with van der Waals surface area (Å²) in [6.07, 6.45) is 5.02. The molecule has 128 valence electrons. The number of nitrogens with two attached hydrogens (primary N) is 1. The molecule has 0 amide bonds. The molecule has 0 heterocycles. The first-order chi connectivity index (χ1) is 11.4. The van der Waals surface area contributed by atoms with Gasteiger partial charge in [-0.15, -0.1) is 0 Å². The lowest BCUT2D eigenvalue weighted by Crippen LogP contribution is -2.08. The third-order valence-corrected chi connectivity index (χ3v) is 3.23. The predicted molar refractivity (Wildman–Crippen MR) is 101 cm³/mol. The van der Waals surface area contributed by atoms with E-state index in [1.807, 2.05) is 6.92 Å². The highest BCUT2D eigenvalue weighted by Gasteiger charge is 2.11. The van der Waals surface area contributed by atoms with Crippen LogP contribution in [-0.4, -0.2) is 23.2 Å². The fourth-order valence-corrected chi connectivity index (χ4v) is 2.23. The summed E-state index contributed by atoms with van der Waals surface area (Å²) in [5.74, 6) is -0.741. The van der Waals surface area contributed by atoms with Crippen LogP contribution >= 0.6 is 15.9 Å². The van der Waals surface area contributed by atoms with Crippen molar-refractivity contribution < 1.29 is 9.18 Å². The minimum atomic E-state index is -0.484. The third-order valence-electron chi connectivity index (χ3n) is 3.01. The molecular formula is C17H20BrFN4O. The molecule has 0 spiro atoms. The number of ketones is 1. The van der Waals surface area contributed by atoms with Crippen LogP contribution in [0.5, 0.6) is 0 Å². The van der Waals surface area contributed by atoms with E-state index in [0.717, 1.165) is 5.57 Å². The summed E-state index contributed by atoms with van der Waals surface area (Å²) in [7, 11) is 0. The Labute approximate surface area is 149 Å². The van der Waals surface area contributed by atoms with Crippen LogP contribution in [0.15, 0.2) is 46.7 Å². The Morgan fingerprint density at radius 3 is 2.75 bits per heavy atom. The predicted octanol–water partition coefficient (Wildman–Crippen LogP) is 4.02. The summed E-state index contributed by atoms with van der Waals surface area (Å²) in [5, 5.41) is 10.7. The van der Waals surface area contributed by atoms with Gasteiger partial charge in [0, 0.05) is 36.1 Å². The van der Waals surface area contributed by atoms with Crippen LogP contribution in [0.4, 0.5) is 10.1 Å². The number of allylic oxidation sites excluding steroid dienone is 2. The van der Waals surface area contributed by atoms with Gasteiger partial charge in [0.25, 0.3) is 0 Å². The monoisotopic (exact) mass is 394 g/mol. The van der Waals surface area contributed by atoms with Gasteiger partial charge in [-0.1, -0.05) is 0 Å². The van der Waals surface area contributed by atoms with Crippen molar-refractivity contribution in [3.8, 4) is 0 Å². The summed E-state index contributed by atoms with van der Waals surface area (Å²) >= 11 is 3.07. The van der Waals surface area contributed by atoms with Crippen molar-refractivity contribution in [2.45, 2.75) is 20.3 Å². The van der Waals surface area contributed by atoms with Crippen molar-refractivity contribution in [2.75, 3.05) is 11.9 Å². The fraction of sp³-hybridized carbons (Fsp3) is 0.235. The minimum absolute atomic E-state index is 0.153. The van der Waals surface area contributed by atoms with Gasteiger partial charge in [0.15, 0.2) is 5.78 Å². The molecule has 24 heavy (non-hydrogen) atoms. The van der Waals surface area contributed by atoms with E-state index in [1.165, 1.54) is 31.3 Å². The lowest BCUT2D eigenvalue weighted by molar-refractivity contribution is 0.101. The van der Waals surface area contributed by atoms with Crippen LogP contribution in [0.2, 0.25) is 0 Å². The van der Waals surface area contributed by atoms with Crippen molar-refractivity contribution in [3.63, 3.8) is 0 Å². The number of nitrogens with zero attached hydrogens (tertiary/aromatic N) is 1. The molecule has 7 heteroatoms. The second-order valence-electron chi connectivity index (χ2n) is 4.93. The van der Waals surface area contributed by atoms with E-state index in [9.17, 15) is 9.18 Å². The highest BCUT2D eigenvalue weighted by molar-refractivity contribution is 9.18. The molecular weight excluding hydrogens is 375 g/mol. The molecule has 0 aromatic heterocycles. The molecule has 5 nitrogen and oxygen atoms in total. The Morgan fingerprint density at radius 1 is 1.50 bits per heavy atom. The van der Waals surface area contributed by atoms with E-state index in [0.29, 0.717) is 24.4 Å². The van der Waals surface area contributed by atoms with Gasteiger partial charge in [-0.2, -0.15) is 0 Å². The van der Waals surface area contributed by atoms with Crippen LogP contribution in [0, 0.1) is 11.2 Å². The van der Waals surface area contributed by atoms with Crippen molar-refractivity contribution in [1.82, 2.24) is 0 Å². The number of benzene rings is 1. The van der Waals surface area contributed by atoms with Gasteiger partial charge in [0.05, 0.1) is 4.62 Å². The van der Waals surface area contributed by atoms with E-state index < -0.39 is 5.82 Å². The van der Waals surface area contributed by atoms with E-state index in [-0.39, 0.29) is 16.0 Å². The number of hydrogen-bond donors (Lipinski definition) is 3. The second kappa shape index (κ2) is 9.77. The number of Topliss-reactive ketones (excluding diaryl/α,β-unsaturated/α-hetero) is 1. The Balaban J connectivity index is 3.15. The number of rotatable bonds is 8. The highest BCUT2D eigenvalue weighted by atomic mass is 79.9. The topological polar surface area (TPSA) is 91.3 Å².